The molecule has 1 amide bonds. The summed E-state index contributed by atoms with van der Waals surface area (Å²) in [6.45, 7) is 8.34. The van der Waals surface area contributed by atoms with Crippen LogP contribution in [0.4, 0.5) is 11.4 Å². The third kappa shape index (κ3) is 5.29. The summed E-state index contributed by atoms with van der Waals surface area (Å²) in [6.07, 6.45) is 0. The van der Waals surface area contributed by atoms with Gasteiger partial charge in [-0.3, -0.25) is 4.79 Å². The molecule has 0 aliphatic carbocycles. The summed E-state index contributed by atoms with van der Waals surface area (Å²) in [7, 11) is 0. The number of thiocarbonyl (C=S) groups is 1. The van der Waals surface area contributed by atoms with Gasteiger partial charge in [-0.1, -0.05) is 50.2 Å². The van der Waals surface area contributed by atoms with Gasteiger partial charge in [0, 0.05) is 11.4 Å². The van der Waals surface area contributed by atoms with Crippen molar-refractivity contribution >= 4 is 34.6 Å². The number of hydrogen-bond donors (Lipinski definition) is 3. The van der Waals surface area contributed by atoms with Crippen LogP contribution in [0.1, 0.15) is 36.5 Å². The van der Waals surface area contributed by atoms with Crippen LogP contribution in [0.5, 0.6) is 0 Å². The van der Waals surface area contributed by atoms with E-state index < -0.39 is 0 Å². The van der Waals surface area contributed by atoms with Crippen LogP contribution in [0, 0.1) is 13.8 Å². The van der Waals surface area contributed by atoms with Gasteiger partial charge in [0.05, 0.1) is 6.54 Å². The summed E-state index contributed by atoms with van der Waals surface area (Å²) in [4.78, 5) is 12.2. The molecular weight excluding hydrogens is 330 g/mol. The van der Waals surface area contributed by atoms with Crippen molar-refractivity contribution in [3.8, 4) is 0 Å². The highest BCUT2D eigenvalue weighted by Gasteiger charge is 2.10. The lowest BCUT2D eigenvalue weighted by Crippen LogP contribution is -2.36. The Balaban J connectivity index is 1.91. The Morgan fingerprint density at radius 1 is 1.00 bits per heavy atom. The van der Waals surface area contributed by atoms with Crippen molar-refractivity contribution in [1.82, 2.24) is 5.32 Å². The summed E-state index contributed by atoms with van der Waals surface area (Å²) in [5.41, 5.74) is 5.09. The Kier molecular flexibility index (Phi) is 6.53. The molecule has 2 rings (SSSR count). The van der Waals surface area contributed by atoms with Crippen LogP contribution in [0.3, 0.4) is 0 Å². The first-order chi connectivity index (χ1) is 11.9. The number of para-hydroxylation sites is 2. The van der Waals surface area contributed by atoms with E-state index in [1.807, 2.05) is 50.2 Å². The second-order valence-corrected chi connectivity index (χ2v) is 6.77. The average molecular weight is 356 g/mol. The first kappa shape index (κ1) is 18.9. The van der Waals surface area contributed by atoms with E-state index in [0.29, 0.717) is 11.0 Å². The molecule has 0 heterocycles. The molecule has 132 valence electrons. The first-order valence-corrected chi connectivity index (χ1v) is 8.79. The third-order valence-corrected chi connectivity index (χ3v) is 4.23. The van der Waals surface area contributed by atoms with Gasteiger partial charge in [-0.05, 0) is 54.7 Å². The fourth-order valence-corrected chi connectivity index (χ4v) is 2.82. The molecule has 5 heteroatoms. The normalized spacial score (nSPS) is 10.4. The SMILES string of the molecule is Cc1cccc(C)c1NC(=O)CNC(=S)Nc1ccccc1C(C)C. The minimum atomic E-state index is -0.126. The van der Waals surface area contributed by atoms with Crippen molar-refractivity contribution in [3.63, 3.8) is 0 Å². The van der Waals surface area contributed by atoms with Crippen LogP contribution in [-0.2, 0) is 4.79 Å². The standard InChI is InChI=1S/C20H25N3OS/c1-13(2)16-10-5-6-11-17(16)22-20(25)21-12-18(24)23-19-14(3)8-7-9-15(19)4/h5-11,13H,12H2,1-4H3,(H,23,24)(H2,21,22,25). The zero-order valence-corrected chi connectivity index (χ0v) is 16.0. The Hall–Kier alpha value is -2.40. The van der Waals surface area contributed by atoms with E-state index in [4.69, 9.17) is 12.2 Å². The van der Waals surface area contributed by atoms with Gasteiger partial charge in [-0.15, -0.1) is 0 Å². The van der Waals surface area contributed by atoms with Gasteiger partial charge < -0.3 is 16.0 Å². The number of nitrogens with one attached hydrogen (secondary N) is 3. The van der Waals surface area contributed by atoms with E-state index in [1.54, 1.807) is 0 Å². The number of aryl methyl sites for hydroxylation is 2. The molecule has 4 nitrogen and oxygen atoms in total. The predicted molar refractivity (Wildman–Crippen MR) is 109 cm³/mol. The number of amides is 1. The van der Waals surface area contributed by atoms with E-state index in [-0.39, 0.29) is 12.5 Å². The molecule has 0 atom stereocenters. The maximum absolute atomic E-state index is 12.2. The molecule has 3 N–H and O–H groups in total. The number of carbonyl (C=O) groups is 1. The minimum absolute atomic E-state index is 0.115. The monoisotopic (exact) mass is 355 g/mol. The van der Waals surface area contributed by atoms with Crippen molar-refractivity contribution in [2.24, 2.45) is 0 Å². The van der Waals surface area contributed by atoms with Crippen LogP contribution in [0.2, 0.25) is 0 Å². The zero-order chi connectivity index (χ0) is 18.4. The second-order valence-electron chi connectivity index (χ2n) is 6.36. The molecule has 0 aliphatic rings. The molecule has 2 aromatic rings. The molecule has 0 aliphatic heterocycles. The van der Waals surface area contributed by atoms with E-state index in [0.717, 1.165) is 22.5 Å². The lowest BCUT2D eigenvalue weighted by molar-refractivity contribution is -0.115. The van der Waals surface area contributed by atoms with E-state index in [1.165, 1.54) is 5.56 Å². The highest BCUT2D eigenvalue weighted by atomic mass is 32.1. The van der Waals surface area contributed by atoms with Gasteiger partial charge in [0.2, 0.25) is 5.91 Å². The molecule has 2 aromatic carbocycles. The van der Waals surface area contributed by atoms with Crippen LogP contribution in [0.15, 0.2) is 42.5 Å². The van der Waals surface area contributed by atoms with E-state index in [2.05, 4.69) is 35.9 Å². The number of hydrogen-bond acceptors (Lipinski definition) is 2. The van der Waals surface area contributed by atoms with Crippen LogP contribution in [0.25, 0.3) is 0 Å². The van der Waals surface area contributed by atoms with Crippen molar-refractivity contribution < 1.29 is 4.79 Å². The molecule has 0 saturated carbocycles. The van der Waals surface area contributed by atoms with Crippen molar-refractivity contribution in [1.29, 1.82) is 0 Å². The molecule has 0 unspecified atom stereocenters. The molecule has 0 spiro atoms. The van der Waals surface area contributed by atoms with Crippen molar-refractivity contribution in [2.45, 2.75) is 33.6 Å². The fourth-order valence-electron chi connectivity index (χ4n) is 2.64. The van der Waals surface area contributed by atoms with Crippen LogP contribution in [-0.4, -0.2) is 17.6 Å². The highest BCUT2D eigenvalue weighted by molar-refractivity contribution is 7.80. The molecule has 0 saturated heterocycles. The molecule has 0 bridgehead atoms. The fraction of sp³-hybridized carbons (Fsp3) is 0.300. The third-order valence-electron chi connectivity index (χ3n) is 3.99. The Bertz CT molecular complexity index is 751. The summed E-state index contributed by atoms with van der Waals surface area (Å²) in [5, 5.41) is 9.51. The Morgan fingerprint density at radius 3 is 2.28 bits per heavy atom. The molecule has 0 aromatic heterocycles. The summed E-state index contributed by atoms with van der Waals surface area (Å²) in [6, 6.07) is 14.0. The summed E-state index contributed by atoms with van der Waals surface area (Å²) in [5.74, 6) is 0.262. The van der Waals surface area contributed by atoms with Crippen LogP contribution >= 0.6 is 12.2 Å². The van der Waals surface area contributed by atoms with Gasteiger partial charge in [0.15, 0.2) is 5.11 Å². The Morgan fingerprint density at radius 2 is 1.64 bits per heavy atom. The van der Waals surface area contributed by atoms with Gasteiger partial charge in [-0.2, -0.15) is 0 Å². The van der Waals surface area contributed by atoms with Crippen LogP contribution < -0.4 is 16.0 Å². The lowest BCUT2D eigenvalue weighted by Gasteiger charge is -2.16. The zero-order valence-electron chi connectivity index (χ0n) is 15.1. The maximum atomic E-state index is 12.2. The quantitative estimate of drug-likeness (QED) is 0.698. The Labute approximate surface area is 155 Å². The van der Waals surface area contributed by atoms with E-state index >= 15 is 0 Å². The van der Waals surface area contributed by atoms with Gasteiger partial charge in [0.25, 0.3) is 0 Å². The number of rotatable bonds is 5. The molecular formula is C20H25N3OS. The topological polar surface area (TPSA) is 53.2 Å². The highest BCUT2D eigenvalue weighted by Crippen LogP contribution is 2.23. The smallest absolute Gasteiger partial charge is 0.243 e. The number of benzene rings is 2. The predicted octanol–water partition coefficient (Wildman–Crippen LogP) is 4.35. The second kappa shape index (κ2) is 8.62. The largest absolute Gasteiger partial charge is 0.353 e. The molecule has 25 heavy (non-hydrogen) atoms. The maximum Gasteiger partial charge on any atom is 0.243 e. The average Bonchev–Trinajstić information content (AvgIpc) is 2.57. The number of anilines is 2. The molecule has 0 radical (unpaired) electrons. The number of carbonyl (C=O) groups excluding carboxylic acids is 1. The van der Waals surface area contributed by atoms with Gasteiger partial charge >= 0.3 is 0 Å². The molecule has 0 fully saturated rings. The lowest BCUT2D eigenvalue weighted by atomic mass is 10.0. The van der Waals surface area contributed by atoms with Crippen molar-refractivity contribution in [2.75, 3.05) is 17.2 Å². The van der Waals surface area contributed by atoms with E-state index in [9.17, 15) is 4.79 Å². The first-order valence-electron chi connectivity index (χ1n) is 8.38. The van der Waals surface area contributed by atoms with Crippen molar-refractivity contribution in [3.05, 3.63) is 59.2 Å². The minimum Gasteiger partial charge on any atom is -0.353 e. The van der Waals surface area contributed by atoms with Gasteiger partial charge in [0.1, 0.15) is 0 Å². The summed E-state index contributed by atoms with van der Waals surface area (Å²) >= 11 is 5.31. The summed E-state index contributed by atoms with van der Waals surface area (Å²) < 4.78 is 0. The van der Waals surface area contributed by atoms with Gasteiger partial charge in [-0.25, -0.2) is 0 Å².